The predicted molar refractivity (Wildman–Crippen MR) is 53.9 cm³/mol. The van der Waals surface area contributed by atoms with Crippen LogP contribution in [0.3, 0.4) is 0 Å². The molecule has 1 aromatic carbocycles. The molecule has 17 heavy (non-hydrogen) atoms. The Bertz CT molecular complexity index is 347. The second kappa shape index (κ2) is 5.00. The standard InChI is InChI=1S/C11H12F5N/c1-2-17-9(8-6-4-3-5-7-8)10(12,13)11(14,15)16/h3-7,9,17H,2H2,1H3. The first-order valence-corrected chi connectivity index (χ1v) is 5.03. The first-order chi connectivity index (χ1) is 7.80. The van der Waals surface area contributed by atoms with E-state index < -0.39 is 18.1 Å². The fourth-order valence-electron chi connectivity index (χ4n) is 1.47. The van der Waals surface area contributed by atoms with Crippen LogP contribution >= 0.6 is 0 Å². The maximum absolute atomic E-state index is 13.3. The van der Waals surface area contributed by atoms with Gasteiger partial charge in [0, 0.05) is 0 Å². The summed E-state index contributed by atoms with van der Waals surface area (Å²) in [6, 6.07) is 4.82. The van der Waals surface area contributed by atoms with Crippen LogP contribution in [0.2, 0.25) is 0 Å². The molecule has 1 nitrogen and oxygen atoms in total. The van der Waals surface area contributed by atoms with Crippen molar-refractivity contribution in [2.45, 2.75) is 25.1 Å². The molecule has 0 saturated carbocycles. The molecule has 0 saturated heterocycles. The summed E-state index contributed by atoms with van der Waals surface area (Å²) < 4.78 is 63.5. The third-order valence-electron chi connectivity index (χ3n) is 2.28. The van der Waals surface area contributed by atoms with Gasteiger partial charge in [-0.15, -0.1) is 0 Å². The van der Waals surface area contributed by atoms with Gasteiger partial charge in [-0.1, -0.05) is 37.3 Å². The van der Waals surface area contributed by atoms with Gasteiger partial charge in [-0.3, -0.25) is 0 Å². The van der Waals surface area contributed by atoms with Crippen LogP contribution in [0.25, 0.3) is 0 Å². The summed E-state index contributed by atoms with van der Waals surface area (Å²) in [6.45, 7) is 1.49. The van der Waals surface area contributed by atoms with E-state index >= 15 is 0 Å². The Kier molecular flexibility index (Phi) is 4.08. The summed E-state index contributed by atoms with van der Waals surface area (Å²) in [6.07, 6.45) is -5.57. The van der Waals surface area contributed by atoms with Crippen LogP contribution in [0.5, 0.6) is 0 Å². The van der Waals surface area contributed by atoms with E-state index in [1.165, 1.54) is 31.2 Å². The monoisotopic (exact) mass is 253 g/mol. The number of hydrogen-bond acceptors (Lipinski definition) is 1. The second-order valence-corrected chi connectivity index (χ2v) is 3.52. The Hall–Kier alpha value is -1.17. The molecule has 0 bridgehead atoms. The van der Waals surface area contributed by atoms with E-state index in [9.17, 15) is 22.0 Å². The van der Waals surface area contributed by atoms with Crippen molar-refractivity contribution in [3.05, 3.63) is 35.9 Å². The molecule has 0 aliphatic rings. The van der Waals surface area contributed by atoms with Crippen LogP contribution in [0.4, 0.5) is 22.0 Å². The summed E-state index contributed by atoms with van der Waals surface area (Å²) in [5, 5.41) is 2.18. The molecule has 1 unspecified atom stereocenters. The average molecular weight is 253 g/mol. The predicted octanol–water partition coefficient (Wildman–Crippen LogP) is 3.53. The summed E-state index contributed by atoms with van der Waals surface area (Å²) >= 11 is 0. The van der Waals surface area contributed by atoms with E-state index in [1.807, 2.05) is 0 Å². The number of nitrogens with one attached hydrogen (secondary N) is 1. The van der Waals surface area contributed by atoms with Crippen LogP contribution in [0.15, 0.2) is 30.3 Å². The van der Waals surface area contributed by atoms with Crippen molar-refractivity contribution in [2.24, 2.45) is 0 Å². The third kappa shape index (κ3) is 2.94. The molecule has 6 heteroatoms. The van der Waals surface area contributed by atoms with E-state index in [0.717, 1.165) is 0 Å². The van der Waals surface area contributed by atoms with E-state index in [-0.39, 0.29) is 12.1 Å². The lowest BCUT2D eigenvalue weighted by atomic mass is 10.00. The van der Waals surface area contributed by atoms with Crippen molar-refractivity contribution in [2.75, 3.05) is 6.54 Å². The van der Waals surface area contributed by atoms with Gasteiger partial charge in [0.25, 0.3) is 0 Å². The Balaban J connectivity index is 3.10. The van der Waals surface area contributed by atoms with Gasteiger partial charge in [0.1, 0.15) is 6.04 Å². The summed E-state index contributed by atoms with van der Waals surface area (Å²) in [7, 11) is 0. The maximum atomic E-state index is 13.3. The lowest BCUT2D eigenvalue weighted by Gasteiger charge is -2.29. The van der Waals surface area contributed by atoms with Crippen LogP contribution < -0.4 is 5.32 Å². The molecule has 0 radical (unpaired) electrons. The van der Waals surface area contributed by atoms with Gasteiger partial charge >= 0.3 is 12.1 Å². The number of rotatable bonds is 4. The molecule has 0 aromatic heterocycles. The van der Waals surface area contributed by atoms with Crippen molar-refractivity contribution in [1.82, 2.24) is 5.32 Å². The molecule has 0 heterocycles. The van der Waals surface area contributed by atoms with Gasteiger partial charge in [-0.2, -0.15) is 22.0 Å². The minimum Gasteiger partial charge on any atom is -0.305 e. The van der Waals surface area contributed by atoms with Crippen LogP contribution in [0, 0.1) is 0 Å². The quantitative estimate of drug-likeness (QED) is 0.809. The zero-order valence-corrected chi connectivity index (χ0v) is 9.06. The highest BCUT2D eigenvalue weighted by molar-refractivity contribution is 5.22. The lowest BCUT2D eigenvalue weighted by Crippen LogP contribution is -2.47. The first kappa shape index (κ1) is 13.9. The summed E-state index contributed by atoms with van der Waals surface area (Å²) in [4.78, 5) is 0. The van der Waals surface area contributed by atoms with Crippen molar-refractivity contribution >= 4 is 0 Å². The Morgan fingerprint density at radius 2 is 1.59 bits per heavy atom. The SMILES string of the molecule is CCNC(c1ccccc1)C(F)(F)C(F)(F)F. The minimum absolute atomic E-state index is 0.0191. The van der Waals surface area contributed by atoms with E-state index in [2.05, 4.69) is 5.32 Å². The van der Waals surface area contributed by atoms with Crippen molar-refractivity contribution in [3.63, 3.8) is 0 Å². The van der Waals surface area contributed by atoms with Crippen molar-refractivity contribution < 1.29 is 22.0 Å². The topological polar surface area (TPSA) is 12.0 Å². The largest absolute Gasteiger partial charge is 0.455 e. The molecular formula is C11H12F5N. The van der Waals surface area contributed by atoms with Crippen LogP contribution in [-0.2, 0) is 0 Å². The van der Waals surface area contributed by atoms with Crippen LogP contribution in [0.1, 0.15) is 18.5 Å². The normalized spacial score (nSPS) is 14.7. The number of benzene rings is 1. The Morgan fingerprint density at radius 1 is 1.06 bits per heavy atom. The highest BCUT2D eigenvalue weighted by Crippen LogP contribution is 2.44. The fraction of sp³-hybridized carbons (Fsp3) is 0.455. The zero-order chi connectivity index (χ0) is 13.1. The maximum Gasteiger partial charge on any atom is 0.455 e. The van der Waals surface area contributed by atoms with Crippen LogP contribution in [-0.4, -0.2) is 18.6 Å². The molecular weight excluding hydrogens is 241 g/mol. The Morgan fingerprint density at radius 3 is 2.00 bits per heavy atom. The molecule has 1 rings (SSSR count). The Labute approximate surface area is 95.6 Å². The molecule has 0 amide bonds. The number of halogens is 5. The van der Waals surface area contributed by atoms with Gasteiger partial charge in [0.05, 0.1) is 0 Å². The van der Waals surface area contributed by atoms with Gasteiger partial charge in [0.15, 0.2) is 0 Å². The fourth-order valence-corrected chi connectivity index (χ4v) is 1.47. The van der Waals surface area contributed by atoms with E-state index in [1.54, 1.807) is 6.07 Å². The highest BCUT2D eigenvalue weighted by Gasteiger charge is 2.62. The number of hydrogen-bond donors (Lipinski definition) is 1. The van der Waals surface area contributed by atoms with Crippen molar-refractivity contribution in [3.8, 4) is 0 Å². The molecule has 96 valence electrons. The summed E-state index contributed by atoms with van der Waals surface area (Å²) in [5.74, 6) is -4.80. The van der Waals surface area contributed by atoms with E-state index in [4.69, 9.17) is 0 Å². The second-order valence-electron chi connectivity index (χ2n) is 3.52. The highest BCUT2D eigenvalue weighted by atomic mass is 19.4. The van der Waals surface area contributed by atoms with Gasteiger partial charge in [-0.25, -0.2) is 0 Å². The smallest absolute Gasteiger partial charge is 0.305 e. The molecule has 1 N–H and O–H groups in total. The average Bonchev–Trinajstić information content (AvgIpc) is 2.25. The molecule has 0 spiro atoms. The van der Waals surface area contributed by atoms with Crippen molar-refractivity contribution in [1.29, 1.82) is 0 Å². The number of alkyl halides is 5. The molecule has 0 aliphatic heterocycles. The summed E-state index contributed by atoms with van der Waals surface area (Å²) in [5.41, 5.74) is -0.0864. The molecule has 1 aromatic rings. The minimum atomic E-state index is -5.57. The lowest BCUT2D eigenvalue weighted by molar-refractivity contribution is -0.294. The van der Waals surface area contributed by atoms with E-state index in [0.29, 0.717) is 0 Å². The van der Waals surface area contributed by atoms with Gasteiger partial charge in [0.2, 0.25) is 0 Å². The van der Waals surface area contributed by atoms with Gasteiger partial charge in [-0.05, 0) is 12.1 Å². The molecule has 0 aliphatic carbocycles. The van der Waals surface area contributed by atoms with Gasteiger partial charge < -0.3 is 5.32 Å². The molecule has 0 fully saturated rings. The third-order valence-corrected chi connectivity index (χ3v) is 2.28. The first-order valence-electron chi connectivity index (χ1n) is 5.03. The zero-order valence-electron chi connectivity index (χ0n) is 9.06. The molecule has 1 atom stereocenters.